The number of alkyl halides is 3. The van der Waals surface area contributed by atoms with Gasteiger partial charge in [-0.2, -0.15) is 13.2 Å². The summed E-state index contributed by atoms with van der Waals surface area (Å²) in [6, 6.07) is 3.42. The standard InChI is InChI=1S/C12H11F3N2O/c1-6-11(7(2)18-17-6)8-3-9(12(13,14)15)5-10(16)4-8/h3-5H,16H2,1-2H3. The van der Waals surface area contributed by atoms with Crippen LogP contribution in [0.3, 0.4) is 0 Å². The molecule has 0 aliphatic rings. The molecule has 1 aromatic carbocycles. The number of aryl methyl sites for hydroxylation is 2. The van der Waals surface area contributed by atoms with E-state index in [9.17, 15) is 13.2 Å². The van der Waals surface area contributed by atoms with Crippen molar-refractivity contribution in [2.45, 2.75) is 20.0 Å². The molecule has 0 bridgehead atoms. The molecule has 1 aromatic heterocycles. The second-order valence-corrected chi connectivity index (χ2v) is 4.04. The van der Waals surface area contributed by atoms with E-state index in [-0.39, 0.29) is 5.69 Å². The van der Waals surface area contributed by atoms with Crippen LogP contribution in [0, 0.1) is 13.8 Å². The molecule has 0 saturated carbocycles. The number of nitrogens with two attached hydrogens (primary N) is 1. The Morgan fingerprint density at radius 3 is 2.33 bits per heavy atom. The Kier molecular flexibility index (Phi) is 2.80. The predicted octanol–water partition coefficient (Wildman–Crippen LogP) is 3.56. The van der Waals surface area contributed by atoms with Crippen LogP contribution in [0.15, 0.2) is 22.7 Å². The number of aromatic nitrogens is 1. The smallest absolute Gasteiger partial charge is 0.399 e. The van der Waals surface area contributed by atoms with Crippen LogP contribution < -0.4 is 5.73 Å². The summed E-state index contributed by atoms with van der Waals surface area (Å²) < 4.78 is 43.0. The highest BCUT2D eigenvalue weighted by molar-refractivity contribution is 5.71. The fourth-order valence-electron chi connectivity index (χ4n) is 1.85. The van der Waals surface area contributed by atoms with Crippen LogP contribution in [-0.4, -0.2) is 5.16 Å². The van der Waals surface area contributed by atoms with Crippen LogP contribution in [0.4, 0.5) is 18.9 Å². The van der Waals surface area contributed by atoms with Crippen molar-refractivity contribution in [3.8, 4) is 11.1 Å². The van der Waals surface area contributed by atoms with Crippen LogP contribution >= 0.6 is 0 Å². The Balaban J connectivity index is 2.63. The van der Waals surface area contributed by atoms with Crippen molar-refractivity contribution in [1.29, 1.82) is 0 Å². The van der Waals surface area contributed by atoms with E-state index in [2.05, 4.69) is 5.16 Å². The summed E-state index contributed by atoms with van der Waals surface area (Å²) in [6.45, 7) is 3.31. The van der Waals surface area contributed by atoms with Gasteiger partial charge in [-0.1, -0.05) is 5.16 Å². The van der Waals surface area contributed by atoms with Gasteiger partial charge in [-0.05, 0) is 37.6 Å². The summed E-state index contributed by atoms with van der Waals surface area (Å²) in [5, 5.41) is 3.72. The number of hydrogen-bond donors (Lipinski definition) is 1. The summed E-state index contributed by atoms with van der Waals surface area (Å²) in [4.78, 5) is 0. The minimum atomic E-state index is -4.43. The van der Waals surface area contributed by atoms with Gasteiger partial charge in [-0.15, -0.1) is 0 Å². The first kappa shape index (κ1) is 12.5. The quantitative estimate of drug-likeness (QED) is 0.794. The lowest BCUT2D eigenvalue weighted by atomic mass is 10.0. The van der Waals surface area contributed by atoms with Crippen molar-refractivity contribution in [3.63, 3.8) is 0 Å². The maximum Gasteiger partial charge on any atom is 0.416 e. The summed E-state index contributed by atoms with van der Waals surface area (Å²) in [6.07, 6.45) is -4.43. The molecule has 0 radical (unpaired) electrons. The highest BCUT2D eigenvalue weighted by Gasteiger charge is 2.31. The summed E-state index contributed by atoms with van der Waals surface area (Å²) in [5.74, 6) is 0.464. The Bertz CT molecular complexity index is 568. The van der Waals surface area contributed by atoms with Crippen molar-refractivity contribution in [1.82, 2.24) is 5.16 Å². The number of benzene rings is 1. The summed E-state index contributed by atoms with van der Waals surface area (Å²) in [7, 11) is 0. The lowest BCUT2D eigenvalue weighted by molar-refractivity contribution is -0.137. The van der Waals surface area contributed by atoms with Gasteiger partial charge in [0.2, 0.25) is 0 Å². The molecule has 0 amide bonds. The molecule has 0 spiro atoms. The zero-order valence-electron chi connectivity index (χ0n) is 9.80. The van der Waals surface area contributed by atoms with Crippen molar-refractivity contribution in [2.75, 3.05) is 5.73 Å². The zero-order valence-corrected chi connectivity index (χ0v) is 9.80. The SMILES string of the molecule is Cc1noc(C)c1-c1cc(N)cc(C(F)(F)F)c1. The van der Waals surface area contributed by atoms with Crippen molar-refractivity contribution in [2.24, 2.45) is 0 Å². The molecule has 96 valence electrons. The molecule has 2 N–H and O–H groups in total. The van der Waals surface area contributed by atoms with E-state index >= 15 is 0 Å². The first-order valence-electron chi connectivity index (χ1n) is 5.20. The van der Waals surface area contributed by atoms with E-state index in [0.717, 1.165) is 12.1 Å². The van der Waals surface area contributed by atoms with Gasteiger partial charge in [0.05, 0.1) is 11.3 Å². The van der Waals surface area contributed by atoms with E-state index in [4.69, 9.17) is 10.3 Å². The highest BCUT2D eigenvalue weighted by Crippen LogP contribution is 2.35. The Labute approximate surface area is 101 Å². The van der Waals surface area contributed by atoms with Crippen molar-refractivity contribution in [3.05, 3.63) is 35.2 Å². The molecular formula is C12H11F3N2O. The normalized spacial score (nSPS) is 11.8. The lowest BCUT2D eigenvalue weighted by Crippen LogP contribution is -2.06. The van der Waals surface area contributed by atoms with E-state index < -0.39 is 11.7 Å². The summed E-state index contributed by atoms with van der Waals surface area (Å²) in [5.41, 5.74) is 6.23. The molecule has 0 atom stereocenters. The van der Waals surface area contributed by atoms with Gasteiger partial charge in [0.1, 0.15) is 5.76 Å². The second kappa shape index (κ2) is 4.04. The predicted molar refractivity (Wildman–Crippen MR) is 60.8 cm³/mol. The van der Waals surface area contributed by atoms with E-state index in [1.807, 2.05) is 0 Å². The monoisotopic (exact) mass is 256 g/mol. The molecule has 2 aromatic rings. The fourth-order valence-corrected chi connectivity index (χ4v) is 1.85. The molecule has 0 aliphatic heterocycles. The van der Waals surface area contributed by atoms with E-state index in [1.54, 1.807) is 13.8 Å². The number of nitrogen functional groups attached to an aromatic ring is 1. The average Bonchev–Trinajstić information content (AvgIpc) is 2.56. The minimum absolute atomic E-state index is 0.0554. The number of hydrogen-bond acceptors (Lipinski definition) is 3. The number of halogens is 3. The van der Waals surface area contributed by atoms with E-state index in [0.29, 0.717) is 22.6 Å². The highest BCUT2D eigenvalue weighted by atomic mass is 19.4. The third-order valence-corrected chi connectivity index (χ3v) is 2.60. The molecule has 0 saturated heterocycles. The largest absolute Gasteiger partial charge is 0.416 e. The van der Waals surface area contributed by atoms with Gasteiger partial charge in [0.25, 0.3) is 0 Å². The van der Waals surface area contributed by atoms with Crippen LogP contribution in [0.5, 0.6) is 0 Å². The van der Waals surface area contributed by atoms with Gasteiger partial charge in [0, 0.05) is 11.3 Å². The third kappa shape index (κ3) is 2.18. The van der Waals surface area contributed by atoms with Gasteiger partial charge >= 0.3 is 6.18 Å². The van der Waals surface area contributed by atoms with Crippen LogP contribution in [-0.2, 0) is 6.18 Å². The first-order valence-corrected chi connectivity index (χ1v) is 5.20. The molecule has 18 heavy (non-hydrogen) atoms. The van der Waals surface area contributed by atoms with Gasteiger partial charge in [-0.25, -0.2) is 0 Å². The molecule has 6 heteroatoms. The third-order valence-electron chi connectivity index (χ3n) is 2.60. The molecular weight excluding hydrogens is 245 g/mol. The van der Waals surface area contributed by atoms with Crippen LogP contribution in [0.25, 0.3) is 11.1 Å². The van der Waals surface area contributed by atoms with Crippen molar-refractivity contribution < 1.29 is 17.7 Å². The van der Waals surface area contributed by atoms with Gasteiger partial charge < -0.3 is 10.3 Å². The lowest BCUT2D eigenvalue weighted by Gasteiger charge is -2.10. The van der Waals surface area contributed by atoms with Gasteiger partial charge in [-0.3, -0.25) is 0 Å². The molecule has 0 unspecified atom stereocenters. The second-order valence-electron chi connectivity index (χ2n) is 4.04. The number of nitrogens with zero attached hydrogens (tertiary/aromatic N) is 1. The Hall–Kier alpha value is -1.98. The number of anilines is 1. The average molecular weight is 256 g/mol. The maximum atomic E-state index is 12.7. The Morgan fingerprint density at radius 2 is 1.83 bits per heavy atom. The maximum absolute atomic E-state index is 12.7. The molecule has 2 rings (SSSR count). The molecule has 1 heterocycles. The fraction of sp³-hybridized carbons (Fsp3) is 0.250. The molecule has 3 nitrogen and oxygen atoms in total. The topological polar surface area (TPSA) is 52.0 Å². The Morgan fingerprint density at radius 1 is 1.17 bits per heavy atom. The van der Waals surface area contributed by atoms with Crippen molar-refractivity contribution >= 4 is 5.69 Å². The van der Waals surface area contributed by atoms with Crippen LogP contribution in [0.1, 0.15) is 17.0 Å². The molecule has 0 fully saturated rings. The first-order chi connectivity index (χ1) is 8.29. The minimum Gasteiger partial charge on any atom is -0.399 e. The summed E-state index contributed by atoms with van der Waals surface area (Å²) >= 11 is 0. The van der Waals surface area contributed by atoms with Crippen LogP contribution in [0.2, 0.25) is 0 Å². The zero-order chi connectivity index (χ0) is 13.5. The van der Waals surface area contributed by atoms with Gasteiger partial charge in [0.15, 0.2) is 0 Å². The molecule has 0 aliphatic carbocycles. The van der Waals surface area contributed by atoms with E-state index in [1.165, 1.54) is 6.07 Å². The number of rotatable bonds is 1.